The molecule has 1 atom stereocenters. The molecule has 0 bridgehead atoms. The normalized spacial score (nSPS) is 16.8. The van der Waals surface area contributed by atoms with Gasteiger partial charge in [0.15, 0.2) is 5.96 Å². The summed E-state index contributed by atoms with van der Waals surface area (Å²) in [6, 6.07) is 8.07. The van der Waals surface area contributed by atoms with Crippen LogP contribution in [0, 0.1) is 0 Å². The van der Waals surface area contributed by atoms with Crippen LogP contribution < -0.4 is 15.4 Å². The topological polar surface area (TPSA) is 64.1 Å². The molecule has 1 heterocycles. The lowest BCUT2D eigenvalue weighted by Gasteiger charge is -2.13. The Morgan fingerprint density at radius 2 is 2.19 bits per heavy atom. The number of guanidine groups is 1. The predicted octanol–water partition coefficient (Wildman–Crippen LogP) is 2.95. The minimum Gasteiger partial charge on any atom is -0.494 e. The van der Waals surface area contributed by atoms with E-state index in [-0.39, 0.29) is 30.1 Å². The first-order chi connectivity index (χ1) is 12.3. The Morgan fingerprint density at radius 3 is 2.92 bits per heavy atom. The Hall–Kier alpha value is -1.06. The fraction of sp³-hybridized carbons (Fsp3) is 0.632. The van der Waals surface area contributed by atoms with Gasteiger partial charge in [-0.1, -0.05) is 12.1 Å². The molecule has 1 aromatic carbocycles. The highest BCUT2D eigenvalue weighted by atomic mass is 127. The van der Waals surface area contributed by atoms with E-state index in [1.54, 1.807) is 0 Å². The van der Waals surface area contributed by atoms with Gasteiger partial charge in [-0.15, -0.1) is 24.0 Å². The number of nitrogens with zero attached hydrogens (tertiary/aromatic N) is 1. The molecule has 148 valence electrons. The Labute approximate surface area is 174 Å². The summed E-state index contributed by atoms with van der Waals surface area (Å²) >= 11 is 0. The molecule has 0 aliphatic carbocycles. The monoisotopic (exact) mass is 477 g/mol. The molecule has 2 rings (SSSR count). The molecule has 1 unspecified atom stereocenters. The van der Waals surface area contributed by atoms with E-state index >= 15 is 0 Å². The first-order valence-corrected chi connectivity index (χ1v) is 9.25. The average Bonchev–Trinajstić information content (AvgIpc) is 3.13. The molecule has 0 spiro atoms. The van der Waals surface area contributed by atoms with Crippen LogP contribution in [0.3, 0.4) is 0 Å². The van der Waals surface area contributed by atoms with Crippen molar-refractivity contribution in [1.82, 2.24) is 10.6 Å². The van der Waals surface area contributed by atoms with E-state index in [1.807, 2.05) is 25.1 Å². The summed E-state index contributed by atoms with van der Waals surface area (Å²) in [5.74, 6) is 1.72. The van der Waals surface area contributed by atoms with Gasteiger partial charge in [0.1, 0.15) is 5.75 Å². The van der Waals surface area contributed by atoms with Crippen molar-refractivity contribution in [2.45, 2.75) is 39.3 Å². The molecule has 1 saturated heterocycles. The number of halogens is 1. The lowest BCUT2D eigenvalue weighted by Crippen LogP contribution is -2.38. The van der Waals surface area contributed by atoms with Crippen LogP contribution in [0.15, 0.2) is 29.3 Å². The summed E-state index contributed by atoms with van der Waals surface area (Å²) in [5, 5.41) is 6.62. The van der Waals surface area contributed by atoms with Gasteiger partial charge in [-0.05, 0) is 44.4 Å². The zero-order chi connectivity index (χ0) is 17.7. The first-order valence-electron chi connectivity index (χ1n) is 9.25. The zero-order valence-electron chi connectivity index (χ0n) is 15.8. The van der Waals surface area contributed by atoms with Crippen molar-refractivity contribution in [2.75, 3.05) is 39.5 Å². The van der Waals surface area contributed by atoms with E-state index in [4.69, 9.17) is 14.2 Å². The summed E-state index contributed by atoms with van der Waals surface area (Å²) in [5.41, 5.74) is 1.13. The van der Waals surface area contributed by atoms with Crippen LogP contribution in [-0.4, -0.2) is 51.6 Å². The molecule has 0 amide bonds. The Balaban J connectivity index is 0.00000338. The van der Waals surface area contributed by atoms with E-state index in [0.29, 0.717) is 13.2 Å². The van der Waals surface area contributed by atoms with Gasteiger partial charge >= 0.3 is 0 Å². The van der Waals surface area contributed by atoms with Crippen LogP contribution in [0.2, 0.25) is 0 Å². The minimum absolute atomic E-state index is 0. The number of rotatable bonds is 10. The maximum Gasteiger partial charge on any atom is 0.191 e. The van der Waals surface area contributed by atoms with Gasteiger partial charge in [-0.2, -0.15) is 0 Å². The number of aliphatic imine (C=N–C) groups is 1. The summed E-state index contributed by atoms with van der Waals surface area (Å²) in [7, 11) is 0. The third-order valence-corrected chi connectivity index (χ3v) is 3.83. The van der Waals surface area contributed by atoms with E-state index in [2.05, 4.69) is 28.6 Å². The third kappa shape index (κ3) is 9.05. The molecule has 2 N–H and O–H groups in total. The molecule has 1 aliphatic rings. The van der Waals surface area contributed by atoms with Gasteiger partial charge in [-0.3, -0.25) is 0 Å². The second-order valence-corrected chi connectivity index (χ2v) is 5.91. The number of benzene rings is 1. The van der Waals surface area contributed by atoms with Crippen LogP contribution >= 0.6 is 24.0 Å². The molecule has 1 aliphatic heterocycles. The van der Waals surface area contributed by atoms with E-state index in [9.17, 15) is 0 Å². The SMILES string of the molecule is CCNC(=NCc1cccc(OCC)c1)NCCCOC1CCOC1.I. The van der Waals surface area contributed by atoms with Crippen LogP contribution in [0.25, 0.3) is 0 Å². The Bertz CT molecular complexity index is 523. The van der Waals surface area contributed by atoms with Crippen molar-refractivity contribution in [3.63, 3.8) is 0 Å². The summed E-state index contributed by atoms with van der Waals surface area (Å²) in [4.78, 5) is 4.64. The quantitative estimate of drug-likeness (QED) is 0.235. The molecule has 1 aromatic rings. The highest BCUT2D eigenvalue weighted by Gasteiger charge is 2.15. The van der Waals surface area contributed by atoms with Gasteiger partial charge in [0, 0.05) is 26.3 Å². The largest absolute Gasteiger partial charge is 0.494 e. The molecule has 0 radical (unpaired) electrons. The molecule has 6 nitrogen and oxygen atoms in total. The first kappa shape index (κ1) is 23.0. The summed E-state index contributed by atoms with van der Waals surface area (Å²) in [6.07, 6.45) is 2.23. The van der Waals surface area contributed by atoms with Gasteiger partial charge in [0.05, 0.1) is 25.9 Å². The van der Waals surface area contributed by atoms with Crippen molar-refractivity contribution in [2.24, 2.45) is 4.99 Å². The molecule has 1 fully saturated rings. The number of hydrogen-bond acceptors (Lipinski definition) is 4. The standard InChI is InChI=1S/C19H31N3O3.HI/c1-3-20-19(21-10-6-11-25-18-9-12-23-15-18)22-14-16-7-5-8-17(13-16)24-4-2;/h5,7-8,13,18H,3-4,6,9-12,14-15H2,1-2H3,(H2,20,21,22);1H. The number of hydrogen-bond donors (Lipinski definition) is 2. The lowest BCUT2D eigenvalue weighted by molar-refractivity contribution is 0.0420. The Morgan fingerprint density at radius 1 is 1.31 bits per heavy atom. The van der Waals surface area contributed by atoms with Crippen molar-refractivity contribution in [3.8, 4) is 5.75 Å². The van der Waals surface area contributed by atoms with E-state index in [0.717, 1.165) is 63.0 Å². The molecule has 0 saturated carbocycles. The average molecular weight is 477 g/mol. The predicted molar refractivity (Wildman–Crippen MR) is 116 cm³/mol. The lowest BCUT2D eigenvalue weighted by atomic mass is 10.2. The zero-order valence-corrected chi connectivity index (χ0v) is 18.2. The number of ether oxygens (including phenoxy) is 3. The van der Waals surface area contributed by atoms with Crippen LogP contribution in [0.1, 0.15) is 32.3 Å². The fourth-order valence-corrected chi connectivity index (χ4v) is 2.59. The van der Waals surface area contributed by atoms with Gasteiger partial charge < -0.3 is 24.8 Å². The third-order valence-electron chi connectivity index (χ3n) is 3.83. The summed E-state index contributed by atoms with van der Waals surface area (Å²) < 4.78 is 16.6. The molecule has 7 heteroatoms. The van der Waals surface area contributed by atoms with Crippen molar-refractivity contribution in [3.05, 3.63) is 29.8 Å². The second kappa shape index (κ2) is 14.1. The maximum absolute atomic E-state index is 5.77. The van der Waals surface area contributed by atoms with Crippen LogP contribution in [0.5, 0.6) is 5.75 Å². The van der Waals surface area contributed by atoms with Crippen molar-refractivity contribution in [1.29, 1.82) is 0 Å². The maximum atomic E-state index is 5.77. The van der Waals surface area contributed by atoms with E-state index in [1.165, 1.54) is 0 Å². The highest BCUT2D eigenvalue weighted by molar-refractivity contribution is 14.0. The molecule has 0 aromatic heterocycles. The Kier molecular flexibility index (Phi) is 12.4. The van der Waals surface area contributed by atoms with Crippen molar-refractivity contribution >= 4 is 29.9 Å². The van der Waals surface area contributed by atoms with Crippen LogP contribution in [0.4, 0.5) is 0 Å². The second-order valence-electron chi connectivity index (χ2n) is 5.91. The molecular formula is C19H32IN3O3. The molecular weight excluding hydrogens is 445 g/mol. The summed E-state index contributed by atoms with van der Waals surface area (Å²) in [6.45, 7) is 9.31. The van der Waals surface area contributed by atoms with Gasteiger partial charge in [0.25, 0.3) is 0 Å². The highest BCUT2D eigenvalue weighted by Crippen LogP contribution is 2.14. The number of nitrogens with one attached hydrogen (secondary N) is 2. The fourth-order valence-electron chi connectivity index (χ4n) is 2.59. The van der Waals surface area contributed by atoms with E-state index < -0.39 is 0 Å². The molecule has 26 heavy (non-hydrogen) atoms. The smallest absolute Gasteiger partial charge is 0.191 e. The van der Waals surface area contributed by atoms with Crippen molar-refractivity contribution < 1.29 is 14.2 Å². The van der Waals surface area contributed by atoms with Crippen LogP contribution in [-0.2, 0) is 16.0 Å². The van der Waals surface area contributed by atoms with Gasteiger partial charge in [0.2, 0.25) is 0 Å². The minimum atomic E-state index is 0. The van der Waals surface area contributed by atoms with Gasteiger partial charge in [-0.25, -0.2) is 4.99 Å².